The van der Waals surface area contributed by atoms with Crippen LogP contribution in [0.1, 0.15) is 98.3 Å². The Bertz CT molecular complexity index is 796. The molecular formula is C28H46Cl3NO6. The van der Waals surface area contributed by atoms with Crippen LogP contribution in [0.5, 0.6) is 0 Å². The highest BCUT2D eigenvalue weighted by molar-refractivity contribution is 6.76. The summed E-state index contributed by atoms with van der Waals surface area (Å²) in [6, 6.07) is 0. The summed E-state index contributed by atoms with van der Waals surface area (Å²) in [5.41, 5.74) is -1.01. The van der Waals surface area contributed by atoms with Crippen molar-refractivity contribution in [3.8, 4) is 0 Å². The molecule has 0 aliphatic carbocycles. The molecule has 0 unspecified atom stereocenters. The number of aliphatic hydroxyl groups is 1. The van der Waals surface area contributed by atoms with E-state index in [0.29, 0.717) is 13.2 Å². The van der Waals surface area contributed by atoms with Crippen LogP contribution in [0.2, 0.25) is 0 Å². The number of halogens is 3. The van der Waals surface area contributed by atoms with Crippen LogP contribution >= 0.6 is 34.8 Å². The molecule has 1 N–H and O–H groups in total. The zero-order chi connectivity index (χ0) is 27.9. The van der Waals surface area contributed by atoms with E-state index >= 15 is 0 Å². The smallest absolute Gasteiger partial charge is 0.266 e. The molecule has 4 atom stereocenters. The summed E-state index contributed by atoms with van der Waals surface area (Å²) in [6.07, 6.45) is 14.3. The van der Waals surface area contributed by atoms with Crippen molar-refractivity contribution in [2.45, 2.75) is 138 Å². The third-order valence-electron chi connectivity index (χ3n) is 7.44. The number of unbranched alkanes of at least 4 members (excludes halogenated alkanes) is 7. The summed E-state index contributed by atoms with van der Waals surface area (Å²) in [5.74, 6) is -1.21. The molecule has 0 aromatic rings. The lowest BCUT2D eigenvalue weighted by molar-refractivity contribution is -0.168. The van der Waals surface area contributed by atoms with Crippen LogP contribution in [0.15, 0.2) is 17.1 Å². The normalized spacial score (nSPS) is 29.6. The van der Waals surface area contributed by atoms with Gasteiger partial charge < -0.3 is 28.8 Å². The molecule has 2 fully saturated rings. The Balaban J connectivity index is 1.42. The fourth-order valence-corrected chi connectivity index (χ4v) is 5.63. The van der Waals surface area contributed by atoms with E-state index in [0.717, 1.165) is 44.9 Å². The summed E-state index contributed by atoms with van der Waals surface area (Å²) in [7, 11) is 0. The number of aliphatic imine (C=N–C) groups is 1. The lowest BCUT2D eigenvalue weighted by atomic mass is 9.90. The van der Waals surface area contributed by atoms with Crippen LogP contribution in [-0.2, 0) is 23.7 Å². The predicted molar refractivity (Wildman–Crippen MR) is 152 cm³/mol. The lowest BCUT2D eigenvalue weighted by Gasteiger charge is -2.31. The zero-order valence-corrected chi connectivity index (χ0v) is 25.6. The van der Waals surface area contributed by atoms with Gasteiger partial charge in [0.15, 0.2) is 11.6 Å². The number of alkyl halides is 3. The second-order valence-corrected chi connectivity index (χ2v) is 13.7. The molecule has 0 saturated carbocycles. The maximum Gasteiger partial charge on any atom is 0.266 e. The maximum absolute atomic E-state index is 11.2. The van der Waals surface area contributed by atoms with Gasteiger partial charge in [0.1, 0.15) is 30.5 Å². The molecule has 10 heteroatoms. The third kappa shape index (κ3) is 9.20. The average Bonchev–Trinajstić information content (AvgIpc) is 3.56. The summed E-state index contributed by atoms with van der Waals surface area (Å²) in [5, 5.41) is 11.2. The fraction of sp³-hybridized carbons (Fsp3) is 0.893. The first-order chi connectivity index (χ1) is 17.9. The van der Waals surface area contributed by atoms with Crippen molar-refractivity contribution in [1.82, 2.24) is 0 Å². The third-order valence-corrected chi connectivity index (χ3v) is 7.93. The average molecular weight is 599 g/mol. The number of nitrogens with zero attached hydrogens (tertiary/aromatic N) is 1. The fourth-order valence-electron chi connectivity index (χ4n) is 5.34. The van der Waals surface area contributed by atoms with Gasteiger partial charge in [-0.1, -0.05) is 86.0 Å². The van der Waals surface area contributed by atoms with Crippen molar-refractivity contribution >= 4 is 40.7 Å². The van der Waals surface area contributed by atoms with Gasteiger partial charge in [0.2, 0.25) is 5.90 Å². The van der Waals surface area contributed by atoms with Crippen LogP contribution in [0.3, 0.4) is 0 Å². The Morgan fingerprint density at radius 2 is 1.61 bits per heavy atom. The van der Waals surface area contributed by atoms with Crippen molar-refractivity contribution in [2.24, 2.45) is 4.99 Å². The van der Waals surface area contributed by atoms with Gasteiger partial charge in [0.05, 0.1) is 13.2 Å². The monoisotopic (exact) mass is 597 g/mol. The van der Waals surface area contributed by atoms with Gasteiger partial charge in [-0.3, -0.25) is 0 Å². The molecule has 0 amide bonds. The van der Waals surface area contributed by atoms with Gasteiger partial charge in [-0.25, -0.2) is 4.99 Å². The first-order valence-corrected chi connectivity index (χ1v) is 15.3. The van der Waals surface area contributed by atoms with E-state index in [-0.39, 0.29) is 18.3 Å². The first kappa shape index (κ1) is 32.4. The highest BCUT2D eigenvalue weighted by atomic mass is 35.6. The number of hydrogen-bond acceptors (Lipinski definition) is 7. The molecule has 0 aromatic carbocycles. The molecule has 3 rings (SSSR count). The minimum Gasteiger partial charge on any atom is -0.475 e. The molecule has 0 aromatic heterocycles. The van der Waals surface area contributed by atoms with E-state index in [2.05, 4.69) is 18.0 Å². The number of rotatable bonds is 15. The summed E-state index contributed by atoms with van der Waals surface area (Å²) < 4.78 is 27.9. The molecular weight excluding hydrogens is 553 g/mol. The molecule has 220 valence electrons. The largest absolute Gasteiger partial charge is 0.475 e. The quantitative estimate of drug-likeness (QED) is 0.124. The van der Waals surface area contributed by atoms with Crippen molar-refractivity contribution < 1.29 is 28.8 Å². The number of hydrogen-bond donors (Lipinski definition) is 1. The predicted octanol–water partition coefficient (Wildman–Crippen LogP) is 7.04. The minimum absolute atomic E-state index is 0.0252. The highest BCUT2D eigenvalue weighted by Crippen LogP contribution is 2.39. The van der Waals surface area contributed by atoms with Crippen LogP contribution in [0.25, 0.3) is 0 Å². The first-order valence-electron chi connectivity index (χ1n) is 14.2. The van der Waals surface area contributed by atoms with Crippen LogP contribution in [-0.4, -0.2) is 70.0 Å². The molecule has 0 radical (unpaired) electrons. The summed E-state index contributed by atoms with van der Waals surface area (Å²) >= 11 is 17.8. The molecule has 3 aliphatic heterocycles. The molecule has 2 saturated heterocycles. The van der Waals surface area contributed by atoms with Gasteiger partial charge in [-0.2, -0.15) is 0 Å². The van der Waals surface area contributed by atoms with E-state index in [1.54, 1.807) is 6.92 Å². The topological polar surface area (TPSA) is 78.7 Å². The second-order valence-electron chi connectivity index (χ2n) is 11.4. The van der Waals surface area contributed by atoms with Gasteiger partial charge >= 0.3 is 0 Å². The van der Waals surface area contributed by atoms with E-state index < -0.39 is 33.4 Å². The summed E-state index contributed by atoms with van der Waals surface area (Å²) in [4.78, 5) is 4.39. The van der Waals surface area contributed by atoms with Gasteiger partial charge in [0, 0.05) is 12.8 Å². The second kappa shape index (κ2) is 14.2. The van der Waals surface area contributed by atoms with E-state index in [1.807, 2.05) is 19.9 Å². The van der Waals surface area contributed by atoms with Crippen molar-refractivity contribution in [3.63, 3.8) is 0 Å². The van der Waals surface area contributed by atoms with Gasteiger partial charge in [0.25, 0.3) is 3.79 Å². The van der Waals surface area contributed by atoms with E-state index in [1.165, 1.54) is 25.7 Å². The van der Waals surface area contributed by atoms with E-state index in [4.69, 9.17) is 58.5 Å². The maximum atomic E-state index is 11.2. The Kier molecular flexibility index (Phi) is 12.1. The van der Waals surface area contributed by atoms with Crippen LogP contribution < -0.4 is 0 Å². The SMILES string of the molecule is CCCCCCC1(CCCCCC/C=C\[C@@H]2OC(C)(C)O[C@H]2[C@H](O)[C@@]2(C)COC(C(Cl)(Cl)Cl)=N2)OCCO1. The molecule has 7 nitrogen and oxygen atoms in total. The Morgan fingerprint density at radius 1 is 0.974 bits per heavy atom. The Hall–Kier alpha value is -0.120. The van der Waals surface area contributed by atoms with Crippen molar-refractivity contribution in [2.75, 3.05) is 19.8 Å². The lowest BCUT2D eigenvalue weighted by Crippen LogP contribution is -2.50. The Morgan fingerprint density at radius 3 is 2.21 bits per heavy atom. The molecule has 0 spiro atoms. The van der Waals surface area contributed by atoms with Gasteiger partial charge in [-0.15, -0.1) is 0 Å². The van der Waals surface area contributed by atoms with E-state index in [9.17, 15) is 5.11 Å². The number of ether oxygens (including phenoxy) is 5. The van der Waals surface area contributed by atoms with Gasteiger partial charge in [-0.05, 0) is 46.5 Å². The molecule has 3 heterocycles. The molecule has 0 bridgehead atoms. The highest BCUT2D eigenvalue weighted by Gasteiger charge is 2.53. The standard InChI is InChI=1S/C28H46Cl3NO6/c1-5-6-7-13-16-27(35-18-19-36-27)17-14-11-9-8-10-12-15-21-22(38-25(2,3)37-21)23(33)26(4)20-34-24(32-26)28(29,30)31/h12,15,21-23,33H,5-11,13-14,16-20H2,1-4H3/b15-12-/t21-,22+,23-,26+/m0/s1. The van der Waals surface area contributed by atoms with Crippen molar-refractivity contribution in [3.05, 3.63) is 12.2 Å². The number of aliphatic hydroxyl groups excluding tert-OH is 1. The zero-order valence-electron chi connectivity index (χ0n) is 23.4. The summed E-state index contributed by atoms with van der Waals surface area (Å²) in [6.45, 7) is 9.17. The minimum atomic E-state index is -1.78. The molecule has 38 heavy (non-hydrogen) atoms. The number of allylic oxidation sites excluding steroid dienone is 1. The van der Waals surface area contributed by atoms with Crippen LogP contribution in [0.4, 0.5) is 0 Å². The molecule has 3 aliphatic rings. The van der Waals surface area contributed by atoms with Crippen LogP contribution in [0, 0.1) is 0 Å². The van der Waals surface area contributed by atoms with Crippen molar-refractivity contribution in [1.29, 1.82) is 0 Å². The Labute approximate surface area is 243 Å².